The lowest BCUT2D eigenvalue weighted by atomic mass is 9.53. The van der Waals surface area contributed by atoms with E-state index in [4.69, 9.17) is 30.2 Å². The molecule has 6 aliphatic rings. The SMILES string of the molecule is CC(=NCC1CC2(C)CC3(C)CC1CC(OCCN1CCOCC1)(C2)C3)C(=CN)c1ccc(N2CCCc3c2nnc(Nc2nc4cc(C)ccc4s2)c3C)nc1C(=O)O. The maximum atomic E-state index is 12.9. The van der Waals surface area contributed by atoms with Crippen LogP contribution in [-0.4, -0.2) is 100.0 Å². The number of carboxylic acids is 1. The summed E-state index contributed by atoms with van der Waals surface area (Å²) in [5.74, 6) is 1.67. The Labute approximate surface area is 356 Å². The highest BCUT2D eigenvalue weighted by atomic mass is 32.1. The largest absolute Gasteiger partial charge is 0.476 e. The number of aryl methyl sites for hydroxylation is 1. The topological polar surface area (TPSA) is 164 Å². The van der Waals surface area contributed by atoms with Gasteiger partial charge in [0, 0.05) is 66.9 Å². The molecule has 13 nitrogen and oxygen atoms in total. The first-order valence-corrected chi connectivity index (χ1v) is 22.5. The number of carboxylic acid groups (broad SMARTS) is 1. The Morgan fingerprint density at radius 2 is 1.87 bits per heavy atom. The third-order valence-electron chi connectivity index (χ3n) is 14.0. The Hall–Kier alpha value is -4.50. The van der Waals surface area contributed by atoms with Gasteiger partial charge < -0.3 is 30.5 Å². The fourth-order valence-corrected chi connectivity index (χ4v) is 12.8. The fourth-order valence-electron chi connectivity index (χ4n) is 12.0. The van der Waals surface area contributed by atoms with Gasteiger partial charge in [0.2, 0.25) is 0 Å². The highest BCUT2D eigenvalue weighted by molar-refractivity contribution is 7.22. The number of aromatic nitrogens is 4. The first kappa shape index (κ1) is 40.9. The molecule has 5 atom stereocenters. The van der Waals surface area contributed by atoms with Crippen molar-refractivity contribution in [1.82, 2.24) is 25.1 Å². The van der Waals surface area contributed by atoms with E-state index in [2.05, 4.69) is 59.4 Å². The molecule has 14 heteroatoms. The molecule has 60 heavy (non-hydrogen) atoms. The van der Waals surface area contributed by atoms with Crippen LogP contribution in [0.1, 0.15) is 98.5 Å². The molecule has 318 valence electrons. The molecule has 5 unspecified atom stereocenters. The summed E-state index contributed by atoms with van der Waals surface area (Å²) < 4.78 is 13.6. The molecule has 2 aliphatic heterocycles. The lowest BCUT2D eigenvalue weighted by molar-refractivity contribution is -0.166. The van der Waals surface area contributed by atoms with Crippen LogP contribution in [0.5, 0.6) is 0 Å². The molecule has 1 aromatic carbocycles. The molecule has 4 aromatic rings. The van der Waals surface area contributed by atoms with Crippen molar-refractivity contribution in [1.29, 1.82) is 0 Å². The maximum Gasteiger partial charge on any atom is 0.355 e. The monoisotopic (exact) mass is 833 g/mol. The number of nitrogens with two attached hydrogens (primary N) is 1. The number of nitrogens with one attached hydrogen (secondary N) is 1. The van der Waals surface area contributed by atoms with Crippen molar-refractivity contribution in [3.8, 4) is 0 Å². The Bertz CT molecular complexity index is 2360. The molecule has 5 fully saturated rings. The number of morpholine rings is 1. The number of hydrogen-bond acceptors (Lipinski definition) is 13. The molecule has 4 saturated carbocycles. The van der Waals surface area contributed by atoms with Crippen LogP contribution >= 0.6 is 11.3 Å². The predicted molar refractivity (Wildman–Crippen MR) is 238 cm³/mol. The van der Waals surface area contributed by atoms with Gasteiger partial charge in [-0.05, 0) is 125 Å². The minimum absolute atomic E-state index is 0.0677. The zero-order valence-corrected chi connectivity index (χ0v) is 36.5. The van der Waals surface area contributed by atoms with Gasteiger partial charge in [-0.15, -0.1) is 10.2 Å². The van der Waals surface area contributed by atoms with Crippen molar-refractivity contribution in [2.45, 2.75) is 91.6 Å². The van der Waals surface area contributed by atoms with Crippen LogP contribution in [-0.2, 0) is 15.9 Å². The first-order valence-electron chi connectivity index (χ1n) is 21.7. The van der Waals surface area contributed by atoms with Crippen LogP contribution in [0, 0.1) is 36.5 Å². The molecular weight excluding hydrogens is 775 g/mol. The number of fused-ring (bicyclic) bond motifs is 3. The molecule has 1 saturated heterocycles. The molecule has 0 amide bonds. The summed E-state index contributed by atoms with van der Waals surface area (Å²) in [7, 11) is 0. The lowest BCUT2D eigenvalue weighted by Gasteiger charge is -2.56. The number of anilines is 4. The molecule has 10 rings (SSSR count). The standard InChI is InChI=1S/C46H59N9O4S/c1-28-8-10-37-36(19-28)49-43(60-37)51-40-29(2)33-7-6-12-55(41(33)53-52-40)38-11-9-34(39(50-38)42(56)57)35(23-47)30(3)48-24-32-21-45(5)25-44(4)20-31(32)22-46(26-44,27-45)59-18-15-54-13-16-58-17-14-54/h8-11,19,23,31-32H,6-7,12-18,20-22,24-27,47H2,1-5H3,(H,56,57)(H,49,51,52). The third-order valence-corrected chi connectivity index (χ3v) is 15.0. The average Bonchev–Trinajstić information content (AvgIpc) is 3.55. The van der Waals surface area contributed by atoms with Gasteiger partial charge in [0.15, 0.2) is 22.5 Å². The van der Waals surface area contributed by atoms with Gasteiger partial charge in [0.1, 0.15) is 5.82 Å². The zero-order chi connectivity index (χ0) is 41.8. The minimum atomic E-state index is -1.12. The summed E-state index contributed by atoms with van der Waals surface area (Å²) in [5, 5.41) is 24.0. The average molecular weight is 834 g/mol. The van der Waals surface area contributed by atoms with Crippen LogP contribution in [0.2, 0.25) is 0 Å². The molecule has 3 aromatic heterocycles. The van der Waals surface area contributed by atoms with E-state index in [0.717, 1.165) is 116 Å². The zero-order valence-electron chi connectivity index (χ0n) is 35.7. The van der Waals surface area contributed by atoms with E-state index < -0.39 is 5.97 Å². The number of aliphatic imine (C=N–C) groups is 1. The van der Waals surface area contributed by atoms with E-state index in [1.54, 1.807) is 11.3 Å². The third kappa shape index (κ3) is 8.03. The predicted octanol–water partition coefficient (Wildman–Crippen LogP) is 8.10. The Balaban J connectivity index is 0.919. The lowest BCUT2D eigenvalue weighted by Crippen LogP contribution is -2.53. The van der Waals surface area contributed by atoms with Crippen LogP contribution in [0.4, 0.5) is 22.6 Å². The van der Waals surface area contributed by atoms with E-state index in [-0.39, 0.29) is 22.1 Å². The number of benzene rings is 1. The number of aromatic carboxylic acids is 1. The van der Waals surface area contributed by atoms with Gasteiger partial charge in [0.05, 0.1) is 35.6 Å². The minimum Gasteiger partial charge on any atom is -0.476 e. The molecular formula is C46H59N9O4S. The van der Waals surface area contributed by atoms with E-state index in [1.165, 1.54) is 19.0 Å². The number of rotatable bonds is 12. The molecule has 5 heterocycles. The van der Waals surface area contributed by atoms with Crippen LogP contribution in [0.3, 0.4) is 0 Å². The van der Waals surface area contributed by atoms with Crippen molar-refractivity contribution >= 4 is 61.4 Å². The van der Waals surface area contributed by atoms with Gasteiger partial charge in [-0.1, -0.05) is 31.3 Å². The van der Waals surface area contributed by atoms with Gasteiger partial charge >= 0.3 is 5.97 Å². The van der Waals surface area contributed by atoms with Crippen molar-refractivity contribution in [3.05, 3.63) is 64.5 Å². The molecule has 4 aliphatic carbocycles. The van der Waals surface area contributed by atoms with Crippen LogP contribution < -0.4 is 16.0 Å². The summed E-state index contributed by atoms with van der Waals surface area (Å²) in [5.41, 5.74) is 12.5. The molecule has 0 radical (unpaired) electrons. The number of thiazole rings is 1. The number of pyridine rings is 1. The molecule has 4 bridgehead atoms. The Morgan fingerprint density at radius 3 is 2.65 bits per heavy atom. The summed E-state index contributed by atoms with van der Waals surface area (Å²) in [6.45, 7) is 17.6. The van der Waals surface area contributed by atoms with E-state index in [1.807, 2.05) is 30.9 Å². The first-order chi connectivity index (χ1) is 28.8. The molecule has 0 spiro atoms. The number of carbonyl (C=O) groups is 1. The van der Waals surface area contributed by atoms with E-state index in [9.17, 15) is 9.90 Å². The Morgan fingerprint density at radius 1 is 1.07 bits per heavy atom. The number of allylic oxidation sites excluding steroid dienone is 1. The van der Waals surface area contributed by atoms with Gasteiger partial charge in [-0.3, -0.25) is 9.89 Å². The molecule has 4 N–H and O–H groups in total. The van der Waals surface area contributed by atoms with Gasteiger partial charge in [-0.25, -0.2) is 14.8 Å². The number of nitrogens with zero attached hydrogens (tertiary/aromatic N) is 7. The Kier molecular flexibility index (Phi) is 11.0. The summed E-state index contributed by atoms with van der Waals surface area (Å²) in [4.78, 5) is 32.1. The van der Waals surface area contributed by atoms with Crippen molar-refractivity contribution < 1.29 is 19.4 Å². The fraction of sp³-hybridized carbons (Fsp3) is 0.565. The van der Waals surface area contributed by atoms with Crippen molar-refractivity contribution in [2.75, 3.05) is 62.8 Å². The second-order valence-electron chi connectivity index (χ2n) is 19.0. The van der Waals surface area contributed by atoms with Gasteiger partial charge in [-0.2, -0.15) is 0 Å². The van der Waals surface area contributed by atoms with E-state index >= 15 is 0 Å². The van der Waals surface area contributed by atoms with Gasteiger partial charge in [0.25, 0.3) is 0 Å². The maximum absolute atomic E-state index is 12.9. The summed E-state index contributed by atoms with van der Waals surface area (Å²) in [6.07, 6.45) is 10.0. The van der Waals surface area contributed by atoms with E-state index in [0.29, 0.717) is 53.5 Å². The van der Waals surface area contributed by atoms with Crippen molar-refractivity contribution in [2.24, 2.45) is 33.4 Å². The summed E-state index contributed by atoms with van der Waals surface area (Å²) in [6, 6.07) is 9.93. The quantitative estimate of drug-likeness (QED) is 0.118. The smallest absolute Gasteiger partial charge is 0.355 e. The normalized spacial score (nSPS) is 28.2. The second-order valence-corrected chi connectivity index (χ2v) is 20.0. The van der Waals surface area contributed by atoms with Crippen LogP contribution in [0.15, 0.2) is 41.5 Å². The highest BCUT2D eigenvalue weighted by Gasteiger charge is 2.60. The van der Waals surface area contributed by atoms with Crippen molar-refractivity contribution in [3.63, 3.8) is 0 Å². The highest BCUT2D eigenvalue weighted by Crippen LogP contribution is 2.66. The number of ether oxygens (including phenoxy) is 2. The number of hydrogen-bond donors (Lipinski definition) is 3. The van der Waals surface area contributed by atoms with Crippen LogP contribution in [0.25, 0.3) is 15.8 Å². The summed E-state index contributed by atoms with van der Waals surface area (Å²) >= 11 is 1.58. The second kappa shape index (κ2) is 16.1.